The summed E-state index contributed by atoms with van der Waals surface area (Å²) in [6.07, 6.45) is 1.94. The third-order valence-corrected chi connectivity index (χ3v) is 5.09. The summed E-state index contributed by atoms with van der Waals surface area (Å²) in [6.45, 7) is 9.36. The fourth-order valence-electron chi connectivity index (χ4n) is 3.67. The molecule has 7 heteroatoms. The molecular weight excluding hydrogens is 370 g/mol. The molecular formula is C22H35N3O4. The summed E-state index contributed by atoms with van der Waals surface area (Å²) in [7, 11) is 3.19. The van der Waals surface area contributed by atoms with Crippen molar-refractivity contribution >= 4 is 11.9 Å². The van der Waals surface area contributed by atoms with E-state index in [-0.39, 0.29) is 29.3 Å². The molecule has 7 nitrogen and oxygen atoms in total. The van der Waals surface area contributed by atoms with Crippen molar-refractivity contribution in [1.82, 2.24) is 15.5 Å². The SMILES string of the molecule is CCCCNC(=O)[C@H]1CN(C(=O)NC(C)(C)C)C[C@@H]1c1cccc(OC)c1OC. The number of amides is 3. The van der Waals surface area contributed by atoms with E-state index in [2.05, 4.69) is 17.6 Å². The maximum Gasteiger partial charge on any atom is 0.317 e. The number of unbranched alkanes of at least 4 members (excludes halogenated alkanes) is 1. The summed E-state index contributed by atoms with van der Waals surface area (Å²) >= 11 is 0. The largest absolute Gasteiger partial charge is 0.493 e. The van der Waals surface area contributed by atoms with E-state index in [1.54, 1.807) is 19.1 Å². The van der Waals surface area contributed by atoms with Gasteiger partial charge in [-0.1, -0.05) is 25.5 Å². The quantitative estimate of drug-likeness (QED) is 0.683. The summed E-state index contributed by atoms with van der Waals surface area (Å²) in [5, 5.41) is 6.03. The molecule has 0 unspecified atom stereocenters. The molecule has 29 heavy (non-hydrogen) atoms. The van der Waals surface area contributed by atoms with Gasteiger partial charge in [0.05, 0.1) is 20.1 Å². The molecule has 0 spiro atoms. The smallest absolute Gasteiger partial charge is 0.317 e. The molecule has 0 bridgehead atoms. The Morgan fingerprint density at radius 1 is 1.17 bits per heavy atom. The van der Waals surface area contributed by atoms with Gasteiger partial charge in [0.25, 0.3) is 0 Å². The van der Waals surface area contributed by atoms with E-state index in [1.165, 1.54) is 0 Å². The highest BCUT2D eigenvalue weighted by Gasteiger charge is 2.42. The topological polar surface area (TPSA) is 79.9 Å². The molecule has 0 aliphatic carbocycles. The van der Waals surface area contributed by atoms with Gasteiger partial charge in [-0.2, -0.15) is 0 Å². The second-order valence-electron chi connectivity index (χ2n) is 8.53. The maximum atomic E-state index is 13.0. The molecule has 2 atom stereocenters. The fourth-order valence-corrected chi connectivity index (χ4v) is 3.67. The van der Waals surface area contributed by atoms with Gasteiger partial charge in [-0.3, -0.25) is 4.79 Å². The summed E-state index contributed by atoms with van der Waals surface area (Å²) < 4.78 is 11.0. The van der Waals surface area contributed by atoms with Crippen LogP contribution in [-0.2, 0) is 4.79 Å². The number of benzene rings is 1. The molecule has 0 radical (unpaired) electrons. The van der Waals surface area contributed by atoms with Crippen molar-refractivity contribution in [2.75, 3.05) is 33.9 Å². The Balaban J connectivity index is 2.33. The van der Waals surface area contributed by atoms with Crippen LogP contribution in [0.5, 0.6) is 11.5 Å². The van der Waals surface area contributed by atoms with Crippen LogP contribution in [0, 0.1) is 5.92 Å². The fraction of sp³-hybridized carbons (Fsp3) is 0.636. The predicted molar refractivity (Wildman–Crippen MR) is 114 cm³/mol. The van der Waals surface area contributed by atoms with Crippen molar-refractivity contribution in [3.63, 3.8) is 0 Å². The van der Waals surface area contributed by atoms with Crippen molar-refractivity contribution in [3.05, 3.63) is 23.8 Å². The number of methoxy groups -OCH3 is 2. The summed E-state index contributed by atoms with van der Waals surface area (Å²) in [5.41, 5.74) is 0.537. The van der Waals surface area contributed by atoms with E-state index in [0.717, 1.165) is 18.4 Å². The van der Waals surface area contributed by atoms with E-state index >= 15 is 0 Å². The van der Waals surface area contributed by atoms with Gasteiger partial charge in [0.15, 0.2) is 11.5 Å². The second kappa shape index (κ2) is 9.85. The van der Waals surface area contributed by atoms with E-state index in [9.17, 15) is 9.59 Å². The lowest BCUT2D eigenvalue weighted by Gasteiger charge is -2.25. The monoisotopic (exact) mass is 405 g/mol. The minimum absolute atomic E-state index is 0.0284. The molecule has 3 amide bonds. The number of nitrogens with zero attached hydrogens (tertiary/aromatic N) is 1. The van der Waals surface area contributed by atoms with Crippen LogP contribution >= 0.6 is 0 Å². The first kappa shape index (κ1) is 22.8. The number of carbonyl (C=O) groups excluding carboxylic acids is 2. The van der Waals surface area contributed by atoms with Crippen molar-refractivity contribution < 1.29 is 19.1 Å². The molecule has 2 rings (SSSR count). The minimum atomic E-state index is -0.349. The van der Waals surface area contributed by atoms with Gasteiger partial charge in [-0.15, -0.1) is 0 Å². The first-order valence-corrected chi connectivity index (χ1v) is 10.3. The zero-order valence-electron chi connectivity index (χ0n) is 18.5. The van der Waals surface area contributed by atoms with Crippen LogP contribution in [0.15, 0.2) is 18.2 Å². The Morgan fingerprint density at radius 3 is 2.48 bits per heavy atom. The Labute approximate surface area is 174 Å². The van der Waals surface area contributed by atoms with Crippen LogP contribution in [0.3, 0.4) is 0 Å². The van der Waals surface area contributed by atoms with Crippen LogP contribution in [0.4, 0.5) is 4.79 Å². The number of rotatable bonds is 7. The van der Waals surface area contributed by atoms with E-state index in [1.807, 2.05) is 39.0 Å². The van der Waals surface area contributed by atoms with Crippen LogP contribution < -0.4 is 20.1 Å². The molecule has 0 aromatic heterocycles. The van der Waals surface area contributed by atoms with Crippen molar-refractivity contribution in [2.45, 2.75) is 52.0 Å². The van der Waals surface area contributed by atoms with Crippen molar-refractivity contribution in [1.29, 1.82) is 0 Å². The van der Waals surface area contributed by atoms with E-state index in [0.29, 0.717) is 31.1 Å². The highest BCUT2D eigenvalue weighted by molar-refractivity contribution is 5.83. The van der Waals surface area contributed by atoms with E-state index in [4.69, 9.17) is 9.47 Å². The molecule has 1 heterocycles. The van der Waals surface area contributed by atoms with Crippen molar-refractivity contribution in [3.8, 4) is 11.5 Å². The Bertz CT molecular complexity index is 714. The second-order valence-corrected chi connectivity index (χ2v) is 8.53. The third-order valence-electron chi connectivity index (χ3n) is 5.09. The van der Waals surface area contributed by atoms with Gasteiger partial charge in [-0.25, -0.2) is 4.79 Å². The average Bonchev–Trinajstić information content (AvgIpc) is 3.11. The lowest BCUT2D eigenvalue weighted by molar-refractivity contribution is -0.124. The highest BCUT2D eigenvalue weighted by Crippen LogP contribution is 2.42. The Hall–Kier alpha value is -2.44. The van der Waals surface area contributed by atoms with Gasteiger partial charge in [-0.05, 0) is 33.3 Å². The number of urea groups is 1. The maximum absolute atomic E-state index is 13.0. The summed E-state index contributed by atoms with van der Waals surface area (Å²) in [4.78, 5) is 27.5. The predicted octanol–water partition coefficient (Wildman–Crippen LogP) is 3.14. The lowest BCUT2D eigenvalue weighted by atomic mass is 9.87. The first-order valence-electron chi connectivity index (χ1n) is 10.3. The molecule has 2 N–H and O–H groups in total. The zero-order chi connectivity index (χ0) is 21.6. The molecule has 1 aromatic rings. The van der Waals surface area contributed by atoms with Gasteiger partial charge in [0.2, 0.25) is 5.91 Å². The van der Waals surface area contributed by atoms with Gasteiger partial charge < -0.3 is 25.0 Å². The molecule has 1 aliphatic heterocycles. The Kier molecular flexibility index (Phi) is 7.76. The minimum Gasteiger partial charge on any atom is -0.493 e. The number of likely N-dealkylation sites (tertiary alicyclic amines) is 1. The third kappa shape index (κ3) is 5.78. The van der Waals surface area contributed by atoms with Crippen LogP contribution in [0.2, 0.25) is 0 Å². The lowest BCUT2D eigenvalue weighted by Crippen LogP contribution is -2.48. The normalized spacial score (nSPS) is 19.0. The number of ether oxygens (including phenoxy) is 2. The van der Waals surface area contributed by atoms with Crippen LogP contribution in [0.1, 0.15) is 52.0 Å². The molecule has 1 aliphatic rings. The number of para-hydroxylation sites is 1. The number of nitrogens with one attached hydrogen (secondary N) is 2. The number of hydrogen-bond donors (Lipinski definition) is 2. The van der Waals surface area contributed by atoms with Crippen LogP contribution in [0.25, 0.3) is 0 Å². The molecule has 1 saturated heterocycles. The highest BCUT2D eigenvalue weighted by atomic mass is 16.5. The number of carbonyl (C=O) groups is 2. The average molecular weight is 406 g/mol. The van der Waals surface area contributed by atoms with Gasteiger partial charge in [0, 0.05) is 36.7 Å². The molecule has 1 aromatic carbocycles. The molecule has 1 fully saturated rings. The summed E-state index contributed by atoms with van der Waals surface area (Å²) in [6, 6.07) is 5.51. The van der Waals surface area contributed by atoms with Crippen LogP contribution in [-0.4, -0.2) is 56.2 Å². The van der Waals surface area contributed by atoms with E-state index < -0.39 is 0 Å². The zero-order valence-corrected chi connectivity index (χ0v) is 18.5. The number of hydrogen-bond acceptors (Lipinski definition) is 4. The van der Waals surface area contributed by atoms with Gasteiger partial charge >= 0.3 is 6.03 Å². The first-order chi connectivity index (χ1) is 13.7. The van der Waals surface area contributed by atoms with Crippen molar-refractivity contribution in [2.24, 2.45) is 5.92 Å². The standard InChI is InChI=1S/C22H35N3O4/c1-7-8-12-23-20(26)17-14-25(21(27)24-22(2,3)4)13-16(17)15-10-9-11-18(28-5)19(15)29-6/h9-11,16-17H,7-8,12-14H2,1-6H3,(H,23,26)(H,24,27)/t16-,17+/m1/s1. The van der Waals surface area contributed by atoms with Gasteiger partial charge in [0.1, 0.15) is 0 Å². The Morgan fingerprint density at radius 2 is 1.90 bits per heavy atom. The molecule has 0 saturated carbocycles. The molecule has 162 valence electrons. The summed E-state index contributed by atoms with van der Waals surface area (Å²) in [5.74, 6) is 0.683.